The summed E-state index contributed by atoms with van der Waals surface area (Å²) in [5.41, 5.74) is -0.872. The number of hydrogen-bond acceptors (Lipinski definition) is 4. The lowest BCUT2D eigenvalue weighted by Gasteiger charge is -2.08. The molecule has 1 aromatic heterocycles. The van der Waals surface area contributed by atoms with Crippen LogP contribution in [0.15, 0.2) is 10.7 Å². The summed E-state index contributed by atoms with van der Waals surface area (Å²) in [5.74, 6) is -1.49. The van der Waals surface area contributed by atoms with Crippen LogP contribution in [-0.2, 0) is 4.74 Å². The highest BCUT2D eigenvalue weighted by molar-refractivity contribution is 9.10. The van der Waals surface area contributed by atoms with Crippen LogP contribution in [0.4, 0.5) is 8.78 Å². The molecule has 1 rings (SSSR count). The minimum atomic E-state index is -2.91. The van der Waals surface area contributed by atoms with Crippen molar-refractivity contribution < 1.29 is 23.4 Å². The topological polar surface area (TPSA) is 59.4 Å². The average Bonchev–Trinajstić information content (AvgIpc) is 2.21. The molecule has 0 radical (unpaired) electrons. The van der Waals surface area contributed by atoms with Gasteiger partial charge in [0, 0.05) is 6.20 Å². The van der Waals surface area contributed by atoms with E-state index >= 15 is 0 Å². The predicted molar refractivity (Wildman–Crippen MR) is 54.5 cm³/mol. The average molecular weight is 296 g/mol. The van der Waals surface area contributed by atoms with E-state index in [-0.39, 0.29) is 16.6 Å². The van der Waals surface area contributed by atoms with E-state index in [9.17, 15) is 18.7 Å². The molecule has 0 fully saturated rings. The number of nitrogens with zero attached hydrogens (tertiary/aromatic N) is 1. The van der Waals surface area contributed by atoms with Crippen LogP contribution in [0.25, 0.3) is 0 Å². The molecule has 1 heterocycles. The van der Waals surface area contributed by atoms with Crippen molar-refractivity contribution in [1.29, 1.82) is 0 Å². The fourth-order valence-corrected chi connectivity index (χ4v) is 1.47. The molecule has 0 aliphatic rings. The van der Waals surface area contributed by atoms with Gasteiger partial charge in [0.05, 0.1) is 16.6 Å². The lowest BCUT2D eigenvalue weighted by atomic mass is 10.2. The summed E-state index contributed by atoms with van der Waals surface area (Å²) in [5, 5.41) is 9.37. The molecule has 0 unspecified atom stereocenters. The Hall–Kier alpha value is -1.24. The molecule has 88 valence electrons. The molecule has 0 saturated carbocycles. The van der Waals surface area contributed by atoms with Gasteiger partial charge in [-0.1, -0.05) is 0 Å². The number of aromatic hydroxyl groups is 1. The number of carbonyl (C=O) groups excluding carboxylic acids is 1. The molecule has 1 aromatic rings. The van der Waals surface area contributed by atoms with Crippen LogP contribution in [0.5, 0.6) is 5.75 Å². The number of halogens is 3. The summed E-state index contributed by atoms with van der Waals surface area (Å²) in [6.45, 7) is 1.75. The molecule has 1 N–H and O–H groups in total. The third-order valence-corrected chi connectivity index (χ3v) is 2.52. The number of alkyl halides is 2. The molecule has 0 aliphatic carbocycles. The van der Waals surface area contributed by atoms with Crippen LogP contribution in [0.3, 0.4) is 0 Å². The number of aromatic nitrogens is 1. The van der Waals surface area contributed by atoms with Crippen molar-refractivity contribution in [2.75, 3.05) is 6.61 Å². The van der Waals surface area contributed by atoms with E-state index in [0.717, 1.165) is 6.20 Å². The standard InChI is InChI=1S/C9H8BrF2NO3/c1-2-16-9(15)4-3-13-6(8(11)12)7(14)5(4)10/h3,8,14H,2H2,1H3. The van der Waals surface area contributed by atoms with Crippen LogP contribution in [0.2, 0.25) is 0 Å². The molecule has 0 atom stereocenters. The Labute approximate surface area is 98.4 Å². The Morgan fingerprint density at radius 1 is 1.69 bits per heavy atom. The highest BCUT2D eigenvalue weighted by Gasteiger charge is 2.22. The maximum atomic E-state index is 12.3. The van der Waals surface area contributed by atoms with E-state index in [4.69, 9.17) is 0 Å². The highest BCUT2D eigenvalue weighted by atomic mass is 79.9. The number of pyridine rings is 1. The molecule has 0 aromatic carbocycles. The van der Waals surface area contributed by atoms with Crippen molar-refractivity contribution in [3.8, 4) is 5.75 Å². The van der Waals surface area contributed by atoms with Gasteiger partial charge in [-0.15, -0.1) is 0 Å². The maximum absolute atomic E-state index is 12.3. The van der Waals surface area contributed by atoms with Crippen LogP contribution < -0.4 is 0 Å². The van der Waals surface area contributed by atoms with Gasteiger partial charge in [0.1, 0.15) is 5.69 Å². The number of hydrogen-bond donors (Lipinski definition) is 1. The Balaban J connectivity index is 3.16. The molecule has 16 heavy (non-hydrogen) atoms. The van der Waals surface area contributed by atoms with E-state index in [1.54, 1.807) is 6.92 Å². The van der Waals surface area contributed by atoms with Gasteiger partial charge < -0.3 is 9.84 Å². The second-order valence-electron chi connectivity index (χ2n) is 2.74. The van der Waals surface area contributed by atoms with Crippen molar-refractivity contribution >= 4 is 21.9 Å². The van der Waals surface area contributed by atoms with Crippen LogP contribution in [0, 0.1) is 0 Å². The van der Waals surface area contributed by atoms with Gasteiger partial charge in [-0.3, -0.25) is 4.98 Å². The molecule has 0 bridgehead atoms. The van der Waals surface area contributed by atoms with Gasteiger partial charge in [0.15, 0.2) is 5.75 Å². The third-order valence-electron chi connectivity index (χ3n) is 1.72. The molecule has 0 aliphatic heterocycles. The first-order valence-corrected chi connectivity index (χ1v) is 5.11. The van der Waals surface area contributed by atoms with Gasteiger partial charge in [0.25, 0.3) is 6.43 Å². The molecular formula is C9H8BrF2NO3. The summed E-state index contributed by atoms with van der Waals surface area (Å²) in [6, 6.07) is 0. The van der Waals surface area contributed by atoms with Gasteiger partial charge in [-0.25, -0.2) is 13.6 Å². The summed E-state index contributed by atoms with van der Waals surface area (Å²) in [6.07, 6.45) is -1.98. The quantitative estimate of drug-likeness (QED) is 0.871. The molecule has 7 heteroatoms. The fourth-order valence-electron chi connectivity index (χ4n) is 1.00. The molecule has 0 amide bonds. The maximum Gasteiger partial charge on any atom is 0.340 e. The minimum absolute atomic E-state index is 0.0937. The first-order chi connectivity index (χ1) is 7.49. The van der Waals surface area contributed by atoms with Crippen molar-refractivity contribution in [3.63, 3.8) is 0 Å². The highest BCUT2D eigenvalue weighted by Crippen LogP contribution is 2.35. The third kappa shape index (κ3) is 2.46. The monoisotopic (exact) mass is 295 g/mol. The number of esters is 1. The van der Waals surface area contributed by atoms with Crippen LogP contribution in [0.1, 0.15) is 29.4 Å². The summed E-state index contributed by atoms with van der Waals surface area (Å²) >= 11 is 2.85. The van der Waals surface area contributed by atoms with Gasteiger partial charge in [-0.2, -0.15) is 0 Å². The predicted octanol–water partition coefficient (Wildman–Crippen LogP) is 2.66. The zero-order chi connectivity index (χ0) is 12.3. The van der Waals surface area contributed by atoms with Crippen molar-refractivity contribution in [1.82, 2.24) is 4.98 Å². The lowest BCUT2D eigenvalue weighted by Crippen LogP contribution is -2.07. The van der Waals surface area contributed by atoms with Gasteiger partial charge in [-0.05, 0) is 22.9 Å². The minimum Gasteiger partial charge on any atom is -0.505 e. The fraction of sp³-hybridized carbons (Fsp3) is 0.333. The Kier molecular flexibility index (Phi) is 4.17. The largest absolute Gasteiger partial charge is 0.505 e. The first-order valence-electron chi connectivity index (χ1n) is 4.31. The Bertz CT molecular complexity index is 412. The second kappa shape index (κ2) is 5.20. The Morgan fingerprint density at radius 3 is 2.81 bits per heavy atom. The summed E-state index contributed by atoms with van der Waals surface area (Å²) in [4.78, 5) is 14.6. The SMILES string of the molecule is CCOC(=O)c1cnc(C(F)F)c(O)c1Br. The lowest BCUT2D eigenvalue weighted by molar-refractivity contribution is 0.0523. The van der Waals surface area contributed by atoms with Crippen molar-refractivity contribution in [2.45, 2.75) is 13.3 Å². The molecular weight excluding hydrogens is 288 g/mol. The van der Waals surface area contributed by atoms with E-state index in [1.165, 1.54) is 0 Å². The van der Waals surface area contributed by atoms with E-state index in [1.807, 2.05) is 0 Å². The first kappa shape index (κ1) is 12.8. The number of ether oxygens (including phenoxy) is 1. The van der Waals surface area contributed by atoms with E-state index < -0.39 is 23.8 Å². The smallest absolute Gasteiger partial charge is 0.340 e. The molecule has 0 saturated heterocycles. The normalized spacial score (nSPS) is 10.6. The molecule has 0 spiro atoms. The number of carbonyl (C=O) groups is 1. The van der Waals surface area contributed by atoms with Crippen LogP contribution in [-0.4, -0.2) is 22.7 Å². The number of rotatable bonds is 3. The van der Waals surface area contributed by atoms with Crippen LogP contribution >= 0.6 is 15.9 Å². The van der Waals surface area contributed by atoms with Crippen molar-refractivity contribution in [2.24, 2.45) is 0 Å². The van der Waals surface area contributed by atoms with Gasteiger partial charge >= 0.3 is 5.97 Å². The zero-order valence-electron chi connectivity index (χ0n) is 8.21. The summed E-state index contributed by atoms with van der Waals surface area (Å²) in [7, 11) is 0. The van der Waals surface area contributed by atoms with Gasteiger partial charge in [0.2, 0.25) is 0 Å². The van der Waals surface area contributed by atoms with Crippen molar-refractivity contribution in [3.05, 3.63) is 21.9 Å². The second-order valence-corrected chi connectivity index (χ2v) is 3.53. The Morgan fingerprint density at radius 2 is 2.31 bits per heavy atom. The van der Waals surface area contributed by atoms with E-state index in [0.29, 0.717) is 0 Å². The zero-order valence-corrected chi connectivity index (χ0v) is 9.79. The van der Waals surface area contributed by atoms with E-state index in [2.05, 4.69) is 25.7 Å². The summed E-state index contributed by atoms with van der Waals surface area (Å²) < 4.78 is 29.2. The molecule has 4 nitrogen and oxygen atoms in total.